The molecule has 1 fully saturated rings. The highest BCUT2D eigenvalue weighted by atomic mass is 32.2. The lowest BCUT2D eigenvalue weighted by Gasteiger charge is -2.14. The van der Waals surface area contributed by atoms with Crippen molar-refractivity contribution < 1.29 is 18.0 Å². The van der Waals surface area contributed by atoms with E-state index in [1.54, 1.807) is 0 Å². The van der Waals surface area contributed by atoms with Crippen LogP contribution in [0, 0.1) is 0 Å². The molecule has 1 aromatic rings. The van der Waals surface area contributed by atoms with Gasteiger partial charge in [-0.1, -0.05) is 31.2 Å². The van der Waals surface area contributed by atoms with Crippen molar-refractivity contribution in [1.82, 2.24) is 10.6 Å². The Hall–Kier alpha value is -1.89. The van der Waals surface area contributed by atoms with Crippen LogP contribution in [0.15, 0.2) is 24.3 Å². The van der Waals surface area contributed by atoms with Crippen molar-refractivity contribution in [3.63, 3.8) is 0 Å². The highest BCUT2D eigenvalue weighted by Crippen LogP contribution is 2.16. The van der Waals surface area contributed by atoms with E-state index in [2.05, 4.69) is 17.6 Å². The molecule has 2 rings (SSSR count). The van der Waals surface area contributed by atoms with Gasteiger partial charge in [-0.05, 0) is 30.9 Å². The number of rotatable bonds is 7. The second-order valence-corrected chi connectivity index (χ2v) is 8.75. The van der Waals surface area contributed by atoms with Crippen molar-refractivity contribution in [2.45, 2.75) is 45.1 Å². The Bertz CT molecular complexity index is 713. The minimum atomic E-state index is -3.01. The first kappa shape index (κ1) is 19.4. The predicted molar refractivity (Wildman–Crippen MR) is 97.1 cm³/mol. The van der Waals surface area contributed by atoms with Gasteiger partial charge in [-0.25, -0.2) is 8.42 Å². The number of hydrogen-bond acceptors (Lipinski definition) is 4. The van der Waals surface area contributed by atoms with Gasteiger partial charge in [-0.2, -0.15) is 0 Å². The zero-order valence-corrected chi connectivity index (χ0v) is 15.6. The lowest BCUT2D eigenvalue weighted by atomic mass is 9.98. The number of hydrogen-bond donors (Lipinski definition) is 2. The monoisotopic (exact) mass is 366 g/mol. The molecule has 25 heavy (non-hydrogen) atoms. The summed E-state index contributed by atoms with van der Waals surface area (Å²) in [5.74, 6) is -0.504. The highest BCUT2D eigenvalue weighted by molar-refractivity contribution is 7.91. The van der Waals surface area contributed by atoms with Crippen LogP contribution in [-0.2, 0) is 25.8 Å². The average molecular weight is 366 g/mol. The first-order valence-electron chi connectivity index (χ1n) is 8.67. The molecule has 6 nitrogen and oxygen atoms in total. The number of carbonyl (C=O) groups excluding carboxylic acids is 2. The van der Waals surface area contributed by atoms with Gasteiger partial charge in [0.05, 0.1) is 17.4 Å². The number of benzene rings is 1. The number of amides is 2. The van der Waals surface area contributed by atoms with Crippen LogP contribution >= 0.6 is 0 Å². The summed E-state index contributed by atoms with van der Waals surface area (Å²) in [5.41, 5.74) is 2.16. The molecule has 1 aromatic carbocycles. The largest absolute Gasteiger partial charge is 0.355 e. The van der Waals surface area contributed by atoms with E-state index in [0.29, 0.717) is 6.42 Å². The average Bonchev–Trinajstić information content (AvgIpc) is 2.92. The van der Waals surface area contributed by atoms with E-state index in [0.717, 1.165) is 12.0 Å². The molecule has 1 heterocycles. The molecule has 0 saturated carbocycles. The summed E-state index contributed by atoms with van der Waals surface area (Å²) in [6.07, 6.45) is 1.56. The van der Waals surface area contributed by atoms with Gasteiger partial charge < -0.3 is 10.6 Å². The van der Waals surface area contributed by atoms with Crippen LogP contribution in [0.2, 0.25) is 0 Å². The third-order valence-corrected chi connectivity index (χ3v) is 6.30. The molecule has 0 aromatic heterocycles. The zero-order valence-electron chi connectivity index (χ0n) is 14.7. The summed E-state index contributed by atoms with van der Waals surface area (Å²) >= 11 is 0. The number of nitrogens with one attached hydrogen (secondary N) is 2. The quantitative estimate of drug-likeness (QED) is 0.757. The minimum absolute atomic E-state index is 0.00981. The first-order valence-corrected chi connectivity index (χ1v) is 10.5. The molecule has 2 atom stereocenters. The van der Waals surface area contributed by atoms with Crippen LogP contribution < -0.4 is 10.6 Å². The van der Waals surface area contributed by atoms with Gasteiger partial charge in [-0.15, -0.1) is 0 Å². The van der Waals surface area contributed by atoms with Crippen LogP contribution in [0.4, 0.5) is 0 Å². The van der Waals surface area contributed by atoms with Crippen LogP contribution in [0.5, 0.6) is 0 Å². The summed E-state index contributed by atoms with van der Waals surface area (Å²) in [5, 5.41) is 5.48. The van der Waals surface area contributed by atoms with E-state index < -0.39 is 9.84 Å². The predicted octanol–water partition coefficient (Wildman–Crippen LogP) is 1.16. The molecule has 1 aliphatic heterocycles. The van der Waals surface area contributed by atoms with Gasteiger partial charge >= 0.3 is 0 Å². The Morgan fingerprint density at radius 2 is 1.92 bits per heavy atom. The van der Waals surface area contributed by atoms with Crippen molar-refractivity contribution in [3.05, 3.63) is 35.4 Å². The van der Waals surface area contributed by atoms with Crippen molar-refractivity contribution in [2.24, 2.45) is 0 Å². The van der Waals surface area contributed by atoms with E-state index in [-0.39, 0.29) is 48.2 Å². The van der Waals surface area contributed by atoms with E-state index in [1.807, 2.05) is 31.2 Å². The fourth-order valence-corrected chi connectivity index (χ4v) is 4.53. The molecule has 2 N–H and O–H groups in total. The normalized spacial score (nSPS) is 20.0. The van der Waals surface area contributed by atoms with E-state index in [1.165, 1.54) is 5.56 Å². The molecule has 1 aliphatic rings. The lowest BCUT2D eigenvalue weighted by molar-refractivity contribution is -0.123. The third kappa shape index (κ3) is 5.85. The van der Waals surface area contributed by atoms with Crippen molar-refractivity contribution in [2.75, 3.05) is 18.1 Å². The maximum absolute atomic E-state index is 12.2. The van der Waals surface area contributed by atoms with Gasteiger partial charge in [0.15, 0.2) is 9.84 Å². The molecule has 0 bridgehead atoms. The minimum Gasteiger partial charge on any atom is -0.355 e. The van der Waals surface area contributed by atoms with Crippen LogP contribution in [0.1, 0.15) is 43.7 Å². The standard InChI is InChI=1S/C18H26N2O4S/c1-3-14-4-6-15(7-5-14)13(2)18(22)19-10-8-17(21)20-16-9-11-25(23,24)12-16/h4-7,13,16H,3,8-12H2,1-2H3,(H,19,22)(H,20,21)/t13-,16-/m1/s1. The Kier molecular flexibility index (Phi) is 6.58. The van der Waals surface area contributed by atoms with Gasteiger partial charge in [-0.3, -0.25) is 9.59 Å². The Morgan fingerprint density at radius 1 is 1.24 bits per heavy atom. The van der Waals surface area contributed by atoms with Crippen molar-refractivity contribution in [3.8, 4) is 0 Å². The molecule has 7 heteroatoms. The maximum atomic E-state index is 12.2. The molecule has 138 valence electrons. The van der Waals surface area contributed by atoms with Gasteiger partial charge in [0.25, 0.3) is 0 Å². The van der Waals surface area contributed by atoms with Gasteiger partial charge in [0.1, 0.15) is 0 Å². The Labute approximate surface area is 149 Å². The summed E-state index contributed by atoms with van der Waals surface area (Å²) in [4.78, 5) is 24.0. The highest BCUT2D eigenvalue weighted by Gasteiger charge is 2.28. The summed E-state index contributed by atoms with van der Waals surface area (Å²) in [6, 6.07) is 7.64. The summed E-state index contributed by atoms with van der Waals surface area (Å²) < 4.78 is 22.7. The molecule has 0 aliphatic carbocycles. The third-order valence-electron chi connectivity index (χ3n) is 4.53. The zero-order chi connectivity index (χ0) is 18.4. The van der Waals surface area contributed by atoms with Crippen LogP contribution in [0.3, 0.4) is 0 Å². The SMILES string of the molecule is CCc1ccc([C@@H](C)C(=O)NCCC(=O)N[C@@H]2CCS(=O)(=O)C2)cc1. The van der Waals surface area contributed by atoms with Gasteiger partial charge in [0.2, 0.25) is 11.8 Å². The fourth-order valence-electron chi connectivity index (χ4n) is 2.85. The van der Waals surface area contributed by atoms with Gasteiger partial charge in [0, 0.05) is 19.0 Å². The molecular formula is C18H26N2O4S. The second kappa shape index (κ2) is 8.47. The number of aryl methyl sites for hydroxylation is 1. The first-order chi connectivity index (χ1) is 11.8. The fraction of sp³-hybridized carbons (Fsp3) is 0.556. The van der Waals surface area contributed by atoms with Crippen molar-refractivity contribution in [1.29, 1.82) is 0 Å². The van der Waals surface area contributed by atoms with E-state index in [9.17, 15) is 18.0 Å². The number of sulfone groups is 1. The molecule has 0 radical (unpaired) electrons. The summed E-state index contributed by atoms with van der Waals surface area (Å²) in [7, 11) is -3.01. The van der Waals surface area contributed by atoms with Crippen LogP contribution in [-0.4, -0.2) is 44.3 Å². The van der Waals surface area contributed by atoms with E-state index in [4.69, 9.17) is 0 Å². The second-order valence-electron chi connectivity index (χ2n) is 6.53. The van der Waals surface area contributed by atoms with E-state index >= 15 is 0 Å². The Morgan fingerprint density at radius 3 is 2.48 bits per heavy atom. The maximum Gasteiger partial charge on any atom is 0.227 e. The lowest BCUT2D eigenvalue weighted by Crippen LogP contribution is -2.38. The smallest absolute Gasteiger partial charge is 0.227 e. The number of carbonyl (C=O) groups is 2. The summed E-state index contributed by atoms with van der Waals surface area (Å²) in [6.45, 7) is 4.15. The Balaban J connectivity index is 1.73. The van der Waals surface area contributed by atoms with Crippen molar-refractivity contribution >= 4 is 21.7 Å². The molecule has 1 saturated heterocycles. The molecule has 2 amide bonds. The topological polar surface area (TPSA) is 92.3 Å². The molecular weight excluding hydrogens is 340 g/mol. The van der Waals surface area contributed by atoms with Crippen LogP contribution in [0.25, 0.3) is 0 Å². The molecule has 0 unspecified atom stereocenters. The molecule has 0 spiro atoms.